The van der Waals surface area contributed by atoms with E-state index in [1.807, 2.05) is 19.0 Å². The first kappa shape index (κ1) is 18.4. The number of carbonyl (C=O) groups excluding carboxylic acids is 1. The zero-order valence-corrected chi connectivity index (χ0v) is 13.9. The second kappa shape index (κ2) is 8.22. The number of amides is 2. The van der Waals surface area contributed by atoms with Crippen molar-refractivity contribution >= 4 is 23.1 Å². The van der Waals surface area contributed by atoms with E-state index in [1.54, 1.807) is 12.3 Å². The molecule has 2 amide bonds. The summed E-state index contributed by atoms with van der Waals surface area (Å²) in [5, 5.41) is 29.8. The lowest BCUT2D eigenvalue weighted by Gasteiger charge is -2.15. The summed E-state index contributed by atoms with van der Waals surface area (Å²) >= 11 is 0. The number of urea groups is 1. The molecule has 1 aromatic heterocycles. The third-order valence-electron chi connectivity index (χ3n) is 3.18. The first-order valence-electron chi connectivity index (χ1n) is 7.51. The average molecular weight is 348 g/mol. The number of aliphatic hydroxyl groups is 1. The van der Waals surface area contributed by atoms with Crippen LogP contribution in [0.3, 0.4) is 0 Å². The summed E-state index contributed by atoms with van der Waals surface area (Å²) in [6.07, 6.45) is 2.46. The SMILES string of the molecule is CN(C)C[C@@H](O)Cn1cc(NC(=O)Nc2cccc([N+](=O)[O-])c2)cn1. The van der Waals surface area contributed by atoms with Gasteiger partial charge in [0.15, 0.2) is 0 Å². The van der Waals surface area contributed by atoms with Gasteiger partial charge in [0.2, 0.25) is 0 Å². The molecule has 0 spiro atoms. The molecule has 3 N–H and O–H groups in total. The molecular formula is C15H20N6O4. The molecule has 10 heteroatoms. The fraction of sp³-hybridized carbons (Fsp3) is 0.333. The molecule has 10 nitrogen and oxygen atoms in total. The summed E-state index contributed by atoms with van der Waals surface area (Å²) in [6.45, 7) is 0.794. The van der Waals surface area contributed by atoms with Crippen LogP contribution in [0.2, 0.25) is 0 Å². The number of anilines is 2. The van der Waals surface area contributed by atoms with Crippen molar-refractivity contribution in [3.63, 3.8) is 0 Å². The van der Waals surface area contributed by atoms with Gasteiger partial charge in [-0.2, -0.15) is 5.10 Å². The summed E-state index contributed by atoms with van der Waals surface area (Å²) in [6, 6.07) is 5.09. The number of nitro benzene ring substituents is 1. The highest BCUT2D eigenvalue weighted by Crippen LogP contribution is 2.17. The zero-order chi connectivity index (χ0) is 18.4. The van der Waals surface area contributed by atoms with Crippen molar-refractivity contribution in [2.45, 2.75) is 12.6 Å². The number of non-ortho nitro benzene ring substituents is 1. The maximum Gasteiger partial charge on any atom is 0.323 e. The molecule has 2 aromatic rings. The largest absolute Gasteiger partial charge is 0.390 e. The van der Waals surface area contributed by atoms with E-state index in [-0.39, 0.29) is 5.69 Å². The Morgan fingerprint density at radius 2 is 2.12 bits per heavy atom. The molecule has 134 valence electrons. The number of aromatic nitrogens is 2. The zero-order valence-electron chi connectivity index (χ0n) is 13.9. The predicted molar refractivity (Wildman–Crippen MR) is 92.5 cm³/mol. The highest BCUT2D eigenvalue weighted by atomic mass is 16.6. The average Bonchev–Trinajstić information content (AvgIpc) is 2.93. The van der Waals surface area contributed by atoms with Gasteiger partial charge in [-0.15, -0.1) is 0 Å². The third kappa shape index (κ3) is 5.86. The molecule has 0 aliphatic rings. The molecule has 1 heterocycles. The van der Waals surface area contributed by atoms with Crippen molar-refractivity contribution in [1.29, 1.82) is 0 Å². The number of carbonyl (C=O) groups is 1. The molecule has 0 unspecified atom stereocenters. The van der Waals surface area contributed by atoms with Gasteiger partial charge in [-0.05, 0) is 20.2 Å². The Kier molecular flexibility index (Phi) is 6.03. The number of nitrogens with one attached hydrogen (secondary N) is 2. The fourth-order valence-electron chi connectivity index (χ4n) is 2.21. The topological polar surface area (TPSA) is 126 Å². The van der Waals surface area contributed by atoms with Crippen molar-refractivity contribution in [2.75, 3.05) is 31.3 Å². The molecule has 0 saturated heterocycles. The third-order valence-corrected chi connectivity index (χ3v) is 3.18. The predicted octanol–water partition coefficient (Wildman–Crippen LogP) is 1.36. The van der Waals surface area contributed by atoms with E-state index in [9.17, 15) is 20.0 Å². The summed E-state index contributed by atoms with van der Waals surface area (Å²) in [5.41, 5.74) is 0.640. The molecule has 0 fully saturated rings. The van der Waals surface area contributed by atoms with E-state index in [0.717, 1.165) is 0 Å². The normalized spacial score (nSPS) is 12.0. The minimum atomic E-state index is -0.582. The summed E-state index contributed by atoms with van der Waals surface area (Å²) in [4.78, 5) is 24.0. The van der Waals surface area contributed by atoms with E-state index in [2.05, 4.69) is 15.7 Å². The number of nitro groups is 1. The van der Waals surface area contributed by atoms with Crippen LogP contribution in [-0.2, 0) is 6.54 Å². The molecule has 0 aliphatic heterocycles. The maximum atomic E-state index is 12.0. The van der Waals surface area contributed by atoms with Crippen LogP contribution in [0.15, 0.2) is 36.7 Å². The number of hydrogen-bond donors (Lipinski definition) is 3. The number of nitrogens with zero attached hydrogens (tertiary/aromatic N) is 4. The van der Waals surface area contributed by atoms with Crippen LogP contribution in [0.25, 0.3) is 0 Å². The van der Waals surface area contributed by atoms with E-state index < -0.39 is 17.1 Å². The van der Waals surface area contributed by atoms with Gasteiger partial charge >= 0.3 is 6.03 Å². The molecule has 0 bridgehead atoms. The van der Waals surface area contributed by atoms with Gasteiger partial charge in [0, 0.05) is 30.6 Å². The van der Waals surface area contributed by atoms with Crippen molar-refractivity contribution in [3.05, 3.63) is 46.8 Å². The highest BCUT2D eigenvalue weighted by molar-refractivity contribution is 5.99. The molecule has 0 saturated carbocycles. The monoisotopic (exact) mass is 348 g/mol. The van der Waals surface area contributed by atoms with Gasteiger partial charge in [0.05, 0.1) is 29.5 Å². The number of hydrogen-bond acceptors (Lipinski definition) is 6. The second-order valence-corrected chi connectivity index (χ2v) is 5.75. The quantitative estimate of drug-likeness (QED) is 0.512. The first-order valence-corrected chi connectivity index (χ1v) is 7.51. The number of likely N-dealkylation sites (N-methyl/N-ethyl adjacent to an activating group) is 1. The highest BCUT2D eigenvalue weighted by Gasteiger charge is 2.11. The lowest BCUT2D eigenvalue weighted by Crippen LogP contribution is -2.29. The lowest BCUT2D eigenvalue weighted by molar-refractivity contribution is -0.384. The second-order valence-electron chi connectivity index (χ2n) is 5.75. The van der Waals surface area contributed by atoms with Gasteiger partial charge in [-0.25, -0.2) is 4.79 Å². The van der Waals surface area contributed by atoms with Crippen LogP contribution in [0.5, 0.6) is 0 Å². The summed E-state index contributed by atoms with van der Waals surface area (Å²) in [7, 11) is 3.72. The van der Waals surface area contributed by atoms with Crippen LogP contribution in [0.4, 0.5) is 21.9 Å². The number of benzene rings is 1. The number of rotatable bonds is 7. The van der Waals surface area contributed by atoms with E-state index in [1.165, 1.54) is 29.1 Å². The van der Waals surface area contributed by atoms with E-state index in [4.69, 9.17) is 0 Å². The standard InChI is InChI=1S/C15H20N6O4/c1-19(2)9-14(22)10-20-8-12(7-16-20)18-15(23)17-11-4-3-5-13(6-11)21(24)25/h3-8,14,22H,9-10H2,1-2H3,(H2,17,18,23)/t14-/m1/s1. The van der Waals surface area contributed by atoms with Crippen molar-refractivity contribution < 1.29 is 14.8 Å². The Bertz CT molecular complexity index is 745. The van der Waals surface area contributed by atoms with Crippen LogP contribution >= 0.6 is 0 Å². The van der Waals surface area contributed by atoms with Crippen molar-refractivity contribution in [1.82, 2.24) is 14.7 Å². The lowest BCUT2D eigenvalue weighted by atomic mass is 10.3. The van der Waals surface area contributed by atoms with Gasteiger partial charge in [-0.3, -0.25) is 14.8 Å². The molecule has 25 heavy (non-hydrogen) atoms. The molecule has 2 rings (SSSR count). The molecule has 0 aliphatic carbocycles. The minimum Gasteiger partial charge on any atom is -0.390 e. The fourth-order valence-corrected chi connectivity index (χ4v) is 2.21. The molecular weight excluding hydrogens is 328 g/mol. The minimum absolute atomic E-state index is 0.111. The van der Waals surface area contributed by atoms with Gasteiger partial charge < -0.3 is 20.6 Å². The Hall–Kier alpha value is -2.98. The van der Waals surface area contributed by atoms with E-state index in [0.29, 0.717) is 24.5 Å². The first-order chi connectivity index (χ1) is 11.8. The molecule has 1 aromatic carbocycles. The van der Waals surface area contributed by atoms with Crippen LogP contribution in [0, 0.1) is 10.1 Å². The van der Waals surface area contributed by atoms with Gasteiger partial charge in [0.25, 0.3) is 5.69 Å². The van der Waals surface area contributed by atoms with E-state index >= 15 is 0 Å². The van der Waals surface area contributed by atoms with Gasteiger partial charge in [0.1, 0.15) is 0 Å². The summed E-state index contributed by atoms with van der Waals surface area (Å²) < 4.78 is 1.52. The van der Waals surface area contributed by atoms with Crippen molar-refractivity contribution in [2.24, 2.45) is 0 Å². The Morgan fingerprint density at radius 3 is 2.80 bits per heavy atom. The molecule has 1 atom stereocenters. The van der Waals surface area contributed by atoms with Crippen molar-refractivity contribution in [3.8, 4) is 0 Å². The molecule has 0 radical (unpaired) electrons. The van der Waals surface area contributed by atoms with Crippen LogP contribution < -0.4 is 10.6 Å². The smallest absolute Gasteiger partial charge is 0.323 e. The Labute approximate surface area is 144 Å². The maximum absolute atomic E-state index is 12.0. The Balaban J connectivity index is 1.91. The summed E-state index contributed by atoms with van der Waals surface area (Å²) in [5.74, 6) is 0. The van der Waals surface area contributed by atoms with Gasteiger partial charge in [-0.1, -0.05) is 6.07 Å². The van der Waals surface area contributed by atoms with Crippen LogP contribution in [-0.4, -0.2) is 57.5 Å². The number of aliphatic hydroxyl groups excluding tert-OH is 1. The van der Waals surface area contributed by atoms with Crippen LogP contribution in [0.1, 0.15) is 0 Å². The Morgan fingerprint density at radius 1 is 1.40 bits per heavy atom.